The first-order chi connectivity index (χ1) is 9.90. The van der Waals surface area contributed by atoms with E-state index in [0.29, 0.717) is 18.5 Å². The summed E-state index contributed by atoms with van der Waals surface area (Å²) in [5, 5.41) is 1.97. The van der Waals surface area contributed by atoms with Gasteiger partial charge in [-0.25, -0.2) is 13.1 Å². The van der Waals surface area contributed by atoms with E-state index in [-0.39, 0.29) is 9.88 Å². The number of rotatable bonds is 6. The second-order valence-corrected chi connectivity index (χ2v) is 7.81. The Bertz CT molecular complexity index is 738. The van der Waals surface area contributed by atoms with Gasteiger partial charge in [-0.3, -0.25) is 0 Å². The van der Waals surface area contributed by atoms with Gasteiger partial charge in [0.2, 0.25) is 10.0 Å². The Hall–Kier alpha value is -1.28. The maximum Gasteiger partial charge on any atom is 0.240 e. The highest BCUT2D eigenvalue weighted by Crippen LogP contribution is 2.16. The van der Waals surface area contributed by atoms with Gasteiger partial charge >= 0.3 is 0 Å². The van der Waals surface area contributed by atoms with Gasteiger partial charge in [-0.2, -0.15) is 0 Å². The van der Waals surface area contributed by atoms with Gasteiger partial charge in [-0.05, 0) is 42.5 Å². The van der Waals surface area contributed by atoms with Crippen LogP contribution < -0.4 is 10.5 Å². The second kappa shape index (κ2) is 6.65. The average molecular weight is 340 g/mol. The van der Waals surface area contributed by atoms with Crippen molar-refractivity contribution in [2.45, 2.75) is 18.2 Å². The Kier molecular flexibility index (Phi) is 5.10. The van der Waals surface area contributed by atoms with Crippen molar-refractivity contribution in [2.75, 3.05) is 6.54 Å². The number of aryl methyl sites for hydroxylation is 1. The number of thiocarbonyl (C=S) groups is 1. The number of thiophene rings is 1. The van der Waals surface area contributed by atoms with Crippen molar-refractivity contribution in [2.24, 2.45) is 5.73 Å². The lowest BCUT2D eigenvalue weighted by Crippen LogP contribution is -2.26. The first-order valence-electron chi connectivity index (χ1n) is 6.32. The molecule has 0 radical (unpaired) electrons. The van der Waals surface area contributed by atoms with Gasteiger partial charge in [-0.1, -0.05) is 24.4 Å². The second-order valence-electron chi connectivity index (χ2n) is 4.57. The molecule has 0 aliphatic rings. The van der Waals surface area contributed by atoms with Crippen molar-refractivity contribution < 1.29 is 8.42 Å². The van der Waals surface area contributed by atoms with Crippen molar-refractivity contribution in [3.8, 4) is 0 Å². The number of hydrogen-bond acceptors (Lipinski definition) is 4. The van der Waals surface area contributed by atoms with Gasteiger partial charge in [0.1, 0.15) is 4.99 Å². The van der Waals surface area contributed by atoms with Crippen LogP contribution in [-0.4, -0.2) is 20.0 Å². The Balaban J connectivity index is 2.08. The van der Waals surface area contributed by atoms with Crippen molar-refractivity contribution >= 4 is 38.6 Å². The lowest BCUT2D eigenvalue weighted by atomic mass is 10.1. The van der Waals surface area contributed by atoms with Gasteiger partial charge in [0.15, 0.2) is 0 Å². The predicted octanol–water partition coefficient (Wildman–Crippen LogP) is 2.21. The zero-order valence-electron chi connectivity index (χ0n) is 11.5. The zero-order valence-corrected chi connectivity index (χ0v) is 13.9. The molecule has 0 bridgehead atoms. The molecule has 0 saturated heterocycles. The van der Waals surface area contributed by atoms with Crippen LogP contribution in [-0.2, 0) is 16.4 Å². The molecule has 7 heteroatoms. The van der Waals surface area contributed by atoms with Crippen LogP contribution in [0.3, 0.4) is 0 Å². The third-order valence-corrected chi connectivity index (χ3v) is 5.63. The lowest BCUT2D eigenvalue weighted by molar-refractivity contribution is 0.581. The molecule has 0 spiro atoms. The molecule has 0 fully saturated rings. The quantitative estimate of drug-likeness (QED) is 0.791. The fourth-order valence-corrected chi connectivity index (χ4v) is 3.98. The molecule has 1 heterocycles. The van der Waals surface area contributed by atoms with E-state index >= 15 is 0 Å². The summed E-state index contributed by atoms with van der Waals surface area (Å²) in [6, 6.07) is 8.69. The molecule has 112 valence electrons. The summed E-state index contributed by atoms with van der Waals surface area (Å²) in [4.78, 5) is 1.64. The fraction of sp³-hybridized carbons (Fsp3) is 0.214. The van der Waals surface area contributed by atoms with Gasteiger partial charge < -0.3 is 5.73 Å². The Morgan fingerprint density at radius 3 is 2.71 bits per heavy atom. The molecule has 4 nitrogen and oxygen atoms in total. The summed E-state index contributed by atoms with van der Waals surface area (Å²) in [7, 11) is -3.51. The molecular weight excluding hydrogens is 324 g/mol. The summed E-state index contributed by atoms with van der Waals surface area (Å²) in [6.07, 6.45) is 0.681. The number of nitrogens with two attached hydrogens (primary N) is 1. The molecule has 21 heavy (non-hydrogen) atoms. The number of nitrogens with one attached hydrogen (secondary N) is 1. The van der Waals surface area contributed by atoms with Gasteiger partial charge in [-0.15, -0.1) is 11.3 Å². The minimum Gasteiger partial charge on any atom is -0.389 e. The number of benzene rings is 1. The van der Waals surface area contributed by atoms with E-state index in [9.17, 15) is 8.42 Å². The SMILES string of the molecule is Cc1cc(S(=O)(=O)NCCc2cccs2)ccc1C(N)=S. The summed E-state index contributed by atoms with van der Waals surface area (Å²) in [5.41, 5.74) is 7.03. The molecule has 3 N–H and O–H groups in total. The van der Waals surface area contributed by atoms with E-state index in [1.165, 1.54) is 6.07 Å². The van der Waals surface area contributed by atoms with Crippen LogP contribution in [0.25, 0.3) is 0 Å². The fourth-order valence-electron chi connectivity index (χ4n) is 1.93. The van der Waals surface area contributed by atoms with Crippen molar-refractivity contribution in [3.05, 3.63) is 51.7 Å². The predicted molar refractivity (Wildman–Crippen MR) is 90.3 cm³/mol. The van der Waals surface area contributed by atoms with Crippen molar-refractivity contribution in [1.29, 1.82) is 0 Å². The maximum absolute atomic E-state index is 12.2. The minimum atomic E-state index is -3.51. The summed E-state index contributed by atoms with van der Waals surface area (Å²) >= 11 is 6.53. The van der Waals surface area contributed by atoms with E-state index in [1.807, 2.05) is 17.5 Å². The van der Waals surface area contributed by atoms with Crippen molar-refractivity contribution in [3.63, 3.8) is 0 Å². The molecule has 0 saturated carbocycles. The number of sulfonamides is 1. The van der Waals surface area contributed by atoms with Gasteiger partial charge in [0.25, 0.3) is 0 Å². The van der Waals surface area contributed by atoms with Crippen molar-refractivity contribution in [1.82, 2.24) is 4.72 Å². The van der Waals surface area contributed by atoms with Crippen LogP contribution >= 0.6 is 23.6 Å². The third kappa shape index (κ3) is 4.10. The third-order valence-electron chi connectivity index (χ3n) is 3.02. The average Bonchev–Trinajstić information content (AvgIpc) is 2.91. The number of hydrogen-bond donors (Lipinski definition) is 2. The zero-order chi connectivity index (χ0) is 15.5. The van der Waals surface area contributed by atoms with Gasteiger partial charge in [0.05, 0.1) is 4.90 Å². The van der Waals surface area contributed by atoms with Crippen LogP contribution in [0.15, 0.2) is 40.6 Å². The molecule has 1 aromatic carbocycles. The molecule has 0 atom stereocenters. The van der Waals surface area contributed by atoms with Crippen LogP contribution in [0.4, 0.5) is 0 Å². The topological polar surface area (TPSA) is 72.2 Å². The largest absolute Gasteiger partial charge is 0.389 e. The molecule has 2 aromatic rings. The molecule has 1 aromatic heterocycles. The Morgan fingerprint density at radius 1 is 1.38 bits per heavy atom. The summed E-state index contributed by atoms with van der Waals surface area (Å²) in [6.45, 7) is 2.16. The molecule has 0 aliphatic heterocycles. The van der Waals surface area contributed by atoms with Gasteiger partial charge in [0, 0.05) is 17.0 Å². The minimum absolute atomic E-state index is 0.228. The lowest BCUT2D eigenvalue weighted by Gasteiger charge is -2.09. The standard InChI is InChI=1S/C14H16N2O2S3/c1-10-9-12(4-5-13(10)14(15)19)21(17,18)16-7-6-11-3-2-8-20-11/h2-5,8-9,16H,6-7H2,1H3,(H2,15,19). The van der Waals surface area contributed by atoms with E-state index in [0.717, 1.165) is 10.4 Å². The van der Waals surface area contributed by atoms with E-state index in [1.54, 1.807) is 30.4 Å². The van der Waals surface area contributed by atoms with Crippen LogP contribution in [0, 0.1) is 6.92 Å². The molecular formula is C14H16N2O2S3. The van der Waals surface area contributed by atoms with Crippen LogP contribution in [0.2, 0.25) is 0 Å². The first-order valence-corrected chi connectivity index (χ1v) is 9.10. The normalized spacial score (nSPS) is 11.5. The van der Waals surface area contributed by atoms with E-state index < -0.39 is 10.0 Å². The molecule has 2 rings (SSSR count). The maximum atomic E-state index is 12.2. The van der Waals surface area contributed by atoms with E-state index in [4.69, 9.17) is 18.0 Å². The highest BCUT2D eigenvalue weighted by atomic mass is 32.2. The molecule has 0 amide bonds. The summed E-state index contributed by atoms with van der Waals surface area (Å²) < 4.78 is 27.0. The highest BCUT2D eigenvalue weighted by Gasteiger charge is 2.15. The van der Waals surface area contributed by atoms with Crippen LogP contribution in [0.1, 0.15) is 16.0 Å². The van der Waals surface area contributed by atoms with Crippen LogP contribution in [0.5, 0.6) is 0 Å². The molecule has 0 unspecified atom stereocenters. The highest BCUT2D eigenvalue weighted by molar-refractivity contribution is 7.89. The molecule has 0 aliphatic carbocycles. The Morgan fingerprint density at radius 2 is 2.14 bits per heavy atom. The monoisotopic (exact) mass is 340 g/mol. The first kappa shape index (κ1) is 16.1. The summed E-state index contributed by atoms with van der Waals surface area (Å²) in [5.74, 6) is 0. The smallest absolute Gasteiger partial charge is 0.240 e. The van der Waals surface area contributed by atoms with E-state index in [2.05, 4.69) is 4.72 Å². The Labute approximate surface area is 134 Å².